The quantitative estimate of drug-likeness (QED) is 0.577. The minimum atomic E-state index is -0.160. The van der Waals surface area contributed by atoms with Gasteiger partial charge >= 0.3 is 0 Å². The van der Waals surface area contributed by atoms with Crippen molar-refractivity contribution in [3.63, 3.8) is 0 Å². The zero-order valence-corrected chi connectivity index (χ0v) is 17.0. The number of amides is 1. The molecule has 1 fully saturated rings. The molecule has 2 aromatic carbocycles. The van der Waals surface area contributed by atoms with Crippen molar-refractivity contribution in [3.8, 4) is 0 Å². The van der Waals surface area contributed by atoms with Crippen molar-refractivity contribution in [2.45, 2.75) is 32.6 Å². The fourth-order valence-electron chi connectivity index (χ4n) is 3.85. The molecular weight excluding hydrogens is 368 g/mol. The Morgan fingerprint density at radius 2 is 1.93 bits per heavy atom. The van der Waals surface area contributed by atoms with E-state index in [2.05, 4.69) is 18.8 Å². The molecule has 0 saturated carbocycles. The third-order valence-electron chi connectivity index (χ3n) is 5.37. The molecule has 144 valence electrons. The normalized spacial score (nSPS) is 17.2. The predicted molar refractivity (Wildman–Crippen MR) is 113 cm³/mol. The summed E-state index contributed by atoms with van der Waals surface area (Å²) in [6.45, 7) is 5.31. The first-order valence-electron chi connectivity index (χ1n) is 9.81. The Hall–Kier alpha value is -2.53. The molecule has 4 rings (SSSR count). The van der Waals surface area contributed by atoms with Crippen molar-refractivity contribution in [3.05, 3.63) is 64.1 Å². The van der Waals surface area contributed by atoms with Crippen molar-refractivity contribution in [2.24, 2.45) is 5.92 Å². The maximum absolute atomic E-state index is 13.3. The van der Waals surface area contributed by atoms with Gasteiger partial charge in [0.05, 0.1) is 5.01 Å². The van der Waals surface area contributed by atoms with Crippen LogP contribution in [-0.4, -0.2) is 34.7 Å². The number of Topliss-reactive ketones (excluding diaryl/α,β-unsaturated/α-hetero) is 1. The van der Waals surface area contributed by atoms with Crippen molar-refractivity contribution >= 4 is 33.8 Å². The Morgan fingerprint density at radius 1 is 1.14 bits per heavy atom. The Kier molecular flexibility index (Phi) is 5.27. The molecule has 1 amide bonds. The second kappa shape index (κ2) is 7.84. The molecule has 0 spiro atoms. The standard InChI is InChI=1S/C23H24N2O2S/c1-15(2)22-24-20(14-28-22)23(27)25-12-6-9-17(13-25)21(26)19-11-5-8-16-7-3-4-10-18(16)19/h3-5,7-8,10-11,14-15,17H,6,9,12-13H2,1-2H3. The van der Waals surface area contributed by atoms with Crippen LogP contribution in [0.1, 0.15) is 58.5 Å². The molecule has 2 heterocycles. The van der Waals surface area contributed by atoms with Gasteiger partial charge in [-0.2, -0.15) is 0 Å². The third-order valence-corrected chi connectivity index (χ3v) is 6.51. The molecule has 1 aromatic heterocycles. The second-order valence-electron chi connectivity index (χ2n) is 7.71. The van der Waals surface area contributed by atoms with Crippen molar-refractivity contribution < 1.29 is 9.59 Å². The molecule has 0 N–H and O–H groups in total. The van der Waals surface area contributed by atoms with Gasteiger partial charge in [-0.15, -0.1) is 11.3 Å². The molecule has 1 atom stereocenters. The van der Waals surface area contributed by atoms with Crippen LogP contribution < -0.4 is 0 Å². The summed E-state index contributed by atoms with van der Waals surface area (Å²) in [4.78, 5) is 32.5. The van der Waals surface area contributed by atoms with Crippen molar-refractivity contribution in [1.82, 2.24) is 9.88 Å². The first kappa shape index (κ1) is 18.8. The van der Waals surface area contributed by atoms with Gasteiger partial charge in [0.15, 0.2) is 5.78 Å². The molecule has 1 aliphatic heterocycles. The zero-order valence-electron chi connectivity index (χ0n) is 16.2. The SMILES string of the molecule is CC(C)c1nc(C(=O)N2CCCC(C(=O)c3cccc4ccccc34)C2)cs1. The van der Waals surface area contributed by atoms with E-state index in [9.17, 15) is 9.59 Å². The first-order chi connectivity index (χ1) is 13.5. The molecule has 28 heavy (non-hydrogen) atoms. The highest BCUT2D eigenvalue weighted by Crippen LogP contribution is 2.27. The van der Waals surface area contributed by atoms with Gasteiger partial charge in [0, 0.05) is 35.9 Å². The fraction of sp³-hybridized carbons (Fsp3) is 0.348. The van der Waals surface area contributed by atoms with E-state index in [0.29, 0.717) is 24.7 Å². The van der Waals surface area contributed by atoms with Crippen LogP contribution in [0.15, 0.2) is 47.8 Å². The number of aromatic nitrogens is 1. The summed E-state index contributed by atoms with van der Waals surface area (Å²) >= 11 is 1.53. The van der Waals surface area contributed by atoms with Crippen molar-refractivity contribution in [2.75, 3.05) is 13.1 Å². The monoisotopic (exact) mass is 392 g/mol. The molecule has 1 aliphatic rings. The van der Waals surface area contributed by atoms with E-state index in [1.807, 2.05) is 47.8 Å². The van der Waals surface area contributed by atoms with Crippen LogP contribution >= 0.6 is 11.3 Å². The van der Waals surface area contributed by atoms with Gasteiger partial charge in [0.2, 0.25) is 0 Å². The number of hydrogen-bond donors (Lipinski definition) is 0. The van der Waals surface area contributed by atoms with Gasteiger partial charge in [-0.3, -0.25) is 9.59 Å². The Bertz CT molecular complexity index is 1020. The van der Waals surface area contributed by atoms with Crippen molar-refractivity contribution in [1.29, 1.82) is 0 Å². The highest BCUT2D eigenvalue weighted by molar-refractivity contribution is 7.09. The van der Waals surface area contributed by atoms with Gasteiger partial charge < -0.3 is 4.90 Å². The lowest BCUT2D eigenvalue weighted by Gasteiger charge is -2.31. The Labute approximate surface area is 169 Å². The molecule has 0 aliphatic carbocycles. The van der Waals surface area contributed by atoms with Crippen LogP contribution in [0.3, 0.4) is 0 Å². The molecule has 4 nitrogen and oxygen atoms in total. The van der Waals surface area contributed by atoms with Crippen LogP contribution in [0, 0.1) is 5.92 Å². The smallest absolute Gasteiger partial charge is 0.273 e. The predicted octanol–water partition coefficient (Wildman–Crippen LogP) is 5.15. The molecule has 0 radical (unpaired) electrons. The maximum Gasteiger partial charge on any atom is 0.273 e. The van der Waals surface area contributed by atoms with E-state index in [4.69, 9.17) is 0 Å². The lowest BCUT2D eigenvalue weighted by atomic mass is 9.88. The number of carbonyl (C=O) groups is 2. The summed E-state index contributed by atoms with van der Waals surface area (Å²) in [7, 11) is 0. The lowest BCUT2D eigenvalue weighted by molar-refractivity contribution is 0.0633. The highest BCUT2D eigenvalue weighted by atomic mass is 32.1. The number of nitrogens with zero attached hydrogens (tertiary/aromatic N) is 2. The minimum absolute atomic E-state index is 0.0569. The van der Waals surface area contributed by atoms with Gasteiger partial charge in [0.25, 0.3) is 5.91 Å². The number of carbonyl (C=O) groups excluding carboxylic acids is 2. The number of fused-ring (bicyclic) bond motifs is 1. The van der Waals surface area contributed by atoms with Crippen LogP contribution in [0.4, 0.5) is 0 Å². The fourth-order valence-corrected chi connectivity index (χ4v) is 4.66. The average Bonchev–Trinajstić information content (AvgIpc) is 3.23. The summed E-state index contributed by atoms with van der Waals surface area (Å²) in [5.41, 5.74) is 1.26. The van der Waals surface area contributed by atoms with Gasteiger partial charge in [-0.1, -0.05) is 56.3 Å². The highest BCUT2D eigenvalue weighted by Gasteiger charge is 2.31. The van der Waals surface area contributed by atoms with E-state index in [0.717, 1.165) is 34.2 Å². The first-order valence-corrected chi connectivity index (χ1v) is 10.7. The number of benzene rings is 2. The van der Waals surface area contributed by atoms with Gasteiger partial charge in [0.1, 0.15) is 5.69 Å². The lowest BCUT2D eigenvalue weighted by Crippen LogP contribution is -2.42. The molecule has 0 bridgehead atoms. The molecule has 1 saturated heterocycles. The van der Waals surface area contributed by atoms with Crippen LogP contribution in [0.25, 0.3) is 10.8 Å². The molecule has 1 unspecified atom stereocenters. The maximum atomic E-state index is 13.3. The van der Waals surface area contributed by atoms with E-state index in [-0.39, 0.29) is 17.6 Å². The number of piperidine rings is 1. The Balaban J connectivity index is 1.54. The molecular formula is C23H24N2O2S. The summed E-state index contributed by atoms with van der Waals surface area (Å²) in [5, 5.41) is 4.87. The summed E-state index contributed by atoms with van der Waals surface area (Å²) in [5.74, 6) is 0.231. The summed E-state index contributed by atoms with van der Waals surface area (Å²) in [6, 6.07) is 13.8. The number of hydrogen-bond acceptors (Lipinski definition) is 4. The van der Waals surface area contributed by atoms with Crippen LogP contribution in [0.2, 0.25) is 0 Å². The average molecular weight is 393 g/mol. The number of ketones is 1. The number of thiazole rings is 1. The van der Waals surface area contributed by atoms with Crippen LogP contribution in [-0.2, 0) is 0 Å². The molecule has 3 aromatic rings. The summed E-state index contributed by atoms with van der Waals surface area (Å²) in [6.07, 6.45) is 1.66. The zero-order chi connectivity index (χ0) is 19.7. The number of likely N-dealkylation sites (tertiary alicyclic amines) is 1. The number of rotatable bonds is 4. The topological polar surface area (TPSA) is 50.3 Å². The van der Waals surface area contributed by atoms with Gasteiger partial charge in [-0.25, -0.2) is 4.98 Å². The third kappa shape index (κ3) is 3.59. The van der Waals surface area contributed by atoms with E-state index in [1.165, 1.54) is 11.3 Å². The minimum Gasteiger partial charge on any atom is -0.337 e. The van der Waals surface area contributed by atoms with E-state index in [1.54, 1.807) is 4.90 Å². The molecule has 5 heteroatoms. The largest absolute Gasteiger partial charge is 0.337 e. The summed E-state index contributed by atoms with van der Waals surface area (Å²) < 4.78 is 0. The van der Waals surface area contributed by atoms with Crippen LogP contribution in [0.5, 0.6) is 0 Å². The van der Waals surface area contributed by atoms with Gasteiger partial charge in [-0.05, 0) is 23.6 Å². The second-order valence-corrected chi connectivity index (χ2v) is 8.60. The van der Waals surface area contributed by atoms with E-state index < -0.39 is 0 Å². The van der Waals surface area contributed by atoms with E-state index >= 15 is 0 Å². The Morgan fingerprint density at radius 3 is 2.71 bits per heavy atom.